The minimum atomic E-state index is 0.253. The molecule has 0 saturated carbocycles. The second-order valence-electron chi connectivity index (χ2n) is 4.48. The zero-order chi connectivity index (χ0) is 12.3. The van der Waals surface area contributed by atoms with Crippen molar-refractivity contribution in [1.82, 2.24) is 10.3 Å². The molecule has 0 saturated heterocycles. The van der Waals surface area contributed by atoms with E-state index in [9.17, 15) is 0 Å². The Balaban J connectivity index is 1.94. The summed E-state index contributed by atoms with van der Waals surface area (Å²) in [4.78, 5) is 4.32. The molecule has 0 spiro atoms. The minimum Gasteiger partial charge on any atom is -0.441 e. The molecule has 1 heterocycles. The maximum atomic E-state index is 5.69. The van der Waals surface area contributed by atoms with Crippen molar-refractivity contribution in [2.45, 2.75) is 32.9 Å². The maximum Gasteiger partial charge on any atom is 0.192 e. The zero-order valence-corrected chi connectivity index (χ0v) is 10.4. The molecule has 0 aliphatic rings. The quantitative estimate of drug-likeness (QED) is 0.775. The fraction of sp³-hybridized carbons (Fsp3) is 0.462. The highest BCUT2D eigenvalue weighted by Crippen LogP contribution is 2.16. The molecule has 2 rings (SSSR count). The van der Waals surface area contributed by atoms with Gasteiger partial charge in [-0.25, -0.2) is 4.98 Å². The molecule has 2 aromatic rings. The number of oxazole rings is 1. The third-order valence-corrected chi connectivity index (χ3v) is 2.66. The van der Waals surface area contributed by atoms with Crippen LogP contribution in [0.25, 0.3) is 11.1 Å². The number of benzene rings is 1. The van der Waals surface area contributed by atoms with Gasteiger partial charge in [-0.05, 0) is 37.6 Å². The predicted molar refractivity (Wildman–Crippen MR) is 68.7 cm³/mol. The topological polar surface area (TPSA) is 64.1 Å². The van der Waals surface area contributed by atoms with Gasteiger partial charge in [-0.3, -0.25) is 0 Å². The fourth-order valence-electron chi connectivity index (χ4n) is 1.76. The number of aryl methyl sites for hydroxylation is 1. The first-order chi connectivity index (χ1) is 8.15. The molecule has 3 N–H and O–H groups in total. The Labute approximate surface area is 101 Å². The Bertz CT molecular complexity index is 490. The van der Waals surface area contributed by atoms with E-state index >= 15 is 0 Å². The average molecular weight is 233 g/mol. The summed E-state index contributed by atoms with van der Waals surface area (Å²) in [6.07, 6.45) is 0.991. The first-order valence-electron chi connectivity index (χ1n) is 5.97. The molecule has 0 aliphatic carbocycles. The highest BCUT2D eigenvalue weighted by Gasteiger charge is 2.02. The number of aromatic nitrogens is 1. The van der Waals surface area contributed by atoms with Crippen molar-refractivity contribution >= 4 is 11.1 Å². The third kappa shape index (κ3) is 3.28. The number of nitrogens with two attached hydrogens (primary N) is 1. The van der Waals surface area contributed by atoms with Gasteiger partial charge >= 0.3 is 0 Å². The van der Waals surface area contributed by atoms with Crippen LogP contribution in [0.5, 0.6) is 0 Å². The number of hydrogen-bond acceptors (Lipinski definition) is 4. The van der Waals surface area contributed by atoms with Crippen molar-refractivity contribution in [3.05, 3.63) is 29.7 Å². The molecule has 1 atom stereocenters. The molecule has 1 aromatic heterocycles. The van der Waals surface area contributed by atoms with Gasteiger partial charge in [0.1, 0.15) is 5.52 Å². The smallest absolute Gasteiger partial charge is 0.192 e. The van der Waals surface area contributed by atoms with Crippen molar-refractivity contribution in [3.8, 4) is 0 Å². The van der Waals surface area contributed by atoms with Gasteiger partial charge in [0.05, 0.1) is 0 Å². The summed E-state index contributed by atoms with van der Waals surface area (Å²) in [5.41, 5.74) is 8.68. The molecule has 0 radical (unpaired) electrons. The van der Waals surface area contributed by atoms with E-state index in [0.29, 0.717) is 5.89 Å². The number of rotatable bonds is 5. The Morgan fingerprint density at radius 1 is 1.47 bits per heavy atom. The van der Waals surface area contributed by atoms with Gasteiger partial charge in [0, 0.05) is 19.5 Å². The van der Waals surface area contributed by atoms with E-state index in [1.807, 2.05) is 19.9 Å². The summed E-state index contributed by atoms with van der Waals surface area (Å²) in [7, 11) is 0. The molecular formula is C13H19N3O. The monoisotopic (exact) mass is 233 g/mol. The van der Waals surface area contributed by atoms with Crippen LogP contribution in [0.4, 0.5) is 0 Å². The minimum absolute atomic E-state index is 0.253. The maximum absolute atomic E-state index is 5.69. The van der Waals surface area contributed by atoms with Crippen LogP contribution in [0, 0.1) is 6.92 Å². The normalized spacial score (nSPS) is 13.1. The lowest BCUT2D eigenvalue weighted by atomic mass is 10.2. The van der Waals surface area contributed by atoms with Crippen LogP contribution in [0.2, 0.25) is 0 Å². The molecular weight excluding hydrogens is 214 g/mol. The Morgan fingerprint density at radius 3 is 3.06 bits per heavy atom. The highest BCUT2D eigenvalue weighted by molar-refractivity contribution is 5.73. The number of nitrogens with zero attached hydrogens (tertiary/aromatic N) is 1. The fourth-order valence-corrected chi connectivity index (χ4v) is 1.76. The Kier molecular flexibility index (Phi) is 3.76. The second-order valence-corrected chi connectivity index (χ2v) is 4.48. The van der Waals surface area contributed by atoms with Gasteiger partial charge in [-0.2, -0.15) is 0 Å². The summed E-state index contributed by atoms with van der Waals surface area (Å²) in [6.45, 7) is 5.66. The summed E-state index contributed by atoms with van der Waals surface area (Å²) in [6, 6.07) is 6.34. The van der Waals surface area contributed by atoms with Crippen LogP contribution in [0.15, 0.2) is 22.6 Å². The van der Waals surface area contributed by atoms with Gasteiger partial charge < -0.3 is 15.5 Å². The largest absolute Gasteiger partial charge is 0.441 e. The Hall–Kier alpha value is -1.39. The van der Waals surface area contributed by atoms with Crippen molar-refractivity contribution < 1.29 is 4.42 Å². The van der Waals surface area contributed by atoms with E-state index in [0.717, 1.165) is 30.6 Å². The zero-order valence-electron chi connectivity index (χ0n) is 10.4. The predicted octanol–water partition coefficient (Wildman–Crippen LogP) is 1.96. The van der Waals surface area contributed by atoms with Gasteiger partial charge in [0.15, 0.2) is 11.5 Å². The lowest BCUT2D eigenvalue weighted by Gasteiger charge is -2.06. The van der Waals surface area contributed by atoms with Crippen molar-refractivity contribution in [1.29, 1.82) is 0 Å². The SMILES string of the molecule is Cc1nc2cc(CNCCC(C)N)ccc2o1. The van der Waals surface area contributed by atoms with E-state index in [1.165, 1.54) is 5.56 Å². The first-order valence-corrected chi connectivity index (χ1v) is 5.97. The number of nitrogens with one attached hydrogen (secondary N) is 1. The molecule has 1 aromatic carbocycles. The summed E-state index contributed by atoms with van der Waals surface area (Å²) in [5, 5.41) is 3.37. The first kappa shape index (κ1) is 12.1. The third-order valence-electron chi connectivity index (χ3n) is 2.66. The van der Waals surface area contributed by atoms with Crippen molar-refractivity contribution in [2.75, 3.05) is 6.54 Å². The molecule has 0 aliphatic heterocycles. The standard InChI is InChI=1S/C13H19N3O/c1-9(14)5-6-15-8-11-3-4-13-12(7-11)16-10(2)17-13/h3-4,7,9,15H,5-6,8,14H2,1-2H3. The molecule has 4 heteroatoms. The van der Waals surface area contributed by atoms with Crippen molar-refractivity contribution in [3.63, 3.8) is 0 Å². The molecule has 1 unspecified atom stereocenters. The summed E-state index contributed by atoms with van der Waals surface area (Å²) in [5.74, 6) is 0.710. The molecule has 0 amide bonds. The van der Waals surface area contributed by atoms with E-state index in [-0.39, 0.29) is 6.04 Å². The van der Waals surface area contributed by atoms with E-state index in [2.05, 4.69) is 22.4 Å². The van der Waals surface area contributed by atoms with Crippen LogP contribution in [-0.4, -0.2) is 17.6 Å². The molecule has 92 valence electrons. The molecule has 0 bridgehead atoms. The molecule has 0 fully saturated rings. The van der Waals surface area contributed by atoms with E-state index < -0.39 is 0 Å². The number of fused-ring (bicyclic) bond motifs is 1. The van der Waals surface area contributed by atoms with Crippen molar-refractivity contribution in [2.24, 2.45) is 5.73 Å². The molecule has 17 heavy (non-hydrogen) atoms. The average Bonchev–Trinajstić information content (AvgIpc) is 2.63. The van der Waals surface area contributed by atoms with Gasteiger partial charge in [0.2, 0.25) is 0 Å². The van der Waals surface area contributed by atoms with Gasteiger partial charge in [-0.15, -0.1) is 0 Å². The van der Waals surface area contributed by atoms with Gasteiger partial charge in [0.25, 0.3) is 0 Å². The summed E-state index contributed by atoms with van der Waals surface area (Å²) >= 11 is 0. The van der Waals surface area contributed by atoms with Crippen LogP contribution in [0.3, 0.4) is 0 Å². The van der Waals surface area contributed by atoms with E-state index in [4.69, 9.17) is 10.2 Å². The summed E-state index contributed by atoms with van der Waals surface area (Å²) < 4.78 is 5.43. The van der Waals surface area contributed by atoms with E-state index in [1.54, 1.807) is 0 Å². The number of hydrogen-bond donors (Lipinski definition) is 2. The lowest BCUT2D eigenvalue weighted by molar-refractivity contribution is 0.561. The second kappa shape index (κ2) is 5.29. The van der Waals surface area contributed by atoms with Crippen LogP contribution < -0.4 is 11.1 Å². The molecule has 4 nitrogen and oxygen atoms in total. The van der Waals surface area contributed by atoms with Crippen LogP contribution >= 0.6 is 0 Å². The van der Waals surface area contributed by atoms with Gasteiger partial charge in [-0.1, -0.05) is 6.07 Å². The van der Waals surface area contributed by atoms with Crippen LogP contribution in [0.1, 0.15) is 24.8 Å². The Morgan fingerprint density at radius 2 is 2.29 bits per heavy atom. The highest BCUT2D eigenvalue weighted by atomic mass is 16.3. The lowest BCUT2D eigenvalue weighted by Crippen LogP contribution is -2.23. The van der Waals surface area contributed by atoms with Crippen LogP contribution in [-0.2, 0) is 6.54 Å².